The minimum absolute atomic E-state index is 0.669. The number of hydrogen-bond acceptors (Lipinski definition) is 8. The second-order valence-electron chi connectivity index (χ2n) is 6.89. The lowest BCUT2D eigenvalue weighted by Gasteiger charge is -2.36. The first-order valence-electron chi connectivity index (χ1n) is 7.53. The largest absolute Gasteiger partial charge is 0.523 e. The standard InChI is InChI=1S/C13H19F3O8S/c1-11(2)21-7-6(5-19-25(17,18)13(14,15)16)20-10-9(8(7)22-11)23-12(3,4)24-10/h6-10H,5H2,1-4H3/t6-,7+,8+,9-,10-/m0/s1. The topological polar surface area (TPSA) is 89.5 Å². The Morgan fingerprint density at radius 2 is 1.44 bits per heavy atom. The van der Waals surface area contributed by atoms with Crippen LogP contribution in [-0.4, -0.2) is 62.8 Å². The Morgan fingerprint density at radius 3 is 2.04 bits per heavy atom. The zero-order valence-electron chi connectivity index (χ0n) is 13.9. The van der Waals surface area contributed by atoms with Crippen molar-refractivity contribution in [1.82, 2.24) is 0 Å². The minimum atomic E-state index is -5.75. The molecule has 0 bridgehead atoms. The van der Waals surface area contributed by atoms with Gasteiger partial charge in [0.15, 0.2) is 17.9 Å². The maximum Gasteiger partial charge on any atom is 0.523 e. The van der Waals surface area contributed by atoms with E-state index in [2.05, 4.69) is 4.18 Å². The van der Waals surface area contributed by atoms with Crippen molar-refractivity contribution in [3.63, 3.8) is 0 Å². The summed E-state index contributed by atoms with van der Waals surface area (Å²) in [7, 11) is -5.75. The highest BCUT2D eigenvalue weighted by atomic mass is 32.2. The summed E-state index contributed by atoms with van der Waals surface area (Å²) in [5.74, 6) is -2.05. The molecule has 8 nitrogen and oxygen atoms in total. The predicted octanol–water partition coefficient (Wildman–Crippen LogP) is 1.25. The van der Waals surface area contributed by atoms with E-state index in [1.54, 1.807) is 27.7 Å². The van der Waals surface area contributed by atoms with Crippen molar-refractivity contribution in [2.24, 2.45) is 0 Å². The van der Waals surface area contributed by atoms with E-state index in [4.69, 9.17) is 23.7 Å². The summed E-state index contributed by atoms with van der Waals surface area (Å²) in [6.45, 7) is 5.63. The molecule has 3 fully saturated rings. The van der Waals surface area contributed by atoms with Crippen LogP contribution in [-0.2, 0) is 38.0 Å². The van der Waals surface area contributed by atoms with Gasteiger partial charge in [0.2, 0.25) is 0 Å². The van der Waals surface area contributed by atoms with E-state index in [9.17, 15) is 21.6 Å². The molecule has 25 heavy (non-hydrogen) atoms. The Labute approximate surface area is 142 Å². The fourth-order valence-corrected chi connectivity index (χ4v) is 3.50. The van der Waals surface area contributed by atoms with Crippen LogP contribution in [0.1, 0.15) is 27.7 Å². The van der Waals surface area contributed by atoms with Gasteiger partial charge in [0.1, 0.15) is 24.4 Å². The number of rotatable bonds is 3. The predicted molar refractivity (Wildman–Crippen MR) is 73.4 cm³/mol. The molecule has 0 aromatic heterocycles. The molecule has 0 radical (unpaired) electrons. The van der Waals surface area contributed by atoms with Gasteiger partial charge in [-0.1, -0.05) is 0 Å². The molecule has 0 unspecified atom stereocenters. The Balaban J connectivity index is 1.78. The van der Waals surface area contributed by atoms with E-state index in [1.807, 2.05) is 0 Å². The van der Waals surface area contributed by atoms with Crippen LogP contribution in [0.25, 0.3) is 0 Å². The summed E-state index contributed by atoms with van der Waals surface area (Å²) in [5, 5.41) is 0. The minimum Gasteiger partial charge on any atom is -0.342 e. The molecular weight excluding hydrogens is 373 g/mol. The average molecular weight is 392 g/mol. The molecule has 3 saturated heterocycles. The third-order valence-corrected chi connectivity index (χ3v) is 4.94. The van der Waals surface area contributed by atoms with Crippen LogP contribution in [0.15, 0.2) is 0 Å². The van der Waals surface area contributed by atoms with Gasteiger partial charge in [0.05, 0.1) is 6.61 Å². The maximum absolute atomic E-state index is 12.4. The SMILES string of the molecule is CC1(C)O[C@@H]2O[C@@H](COS(=O)(=O)C(F)(F)F)[C@H]3OC(C)(C)O[C@H]3[C@@H]2O1. The summed E-state index contributed by atoms with van der Waals surface area (Å²) < 4.78 is 91.9. The van der Waals surface area contributed by atoms with Gasteiger partial charge >= 0.3 is 15.6 Å². The molecular formula is C13H19F3O8S. The first-order chi connectivity index (χ1) is 11.2. The van der Waals surface area contributed by atoms with Crippen LogP contribution >= 0.6 is 0 Å². The Morgan fingerprint density at radius 1 is 0.920 bits per heavy atom. The normalized spacial score (nSPS) is 39.9. The van der Waals surface area contributed by atoms with E-state index < -0.39 is 64.5 Å². The lowest BCUT2D eigenvalue weighted by Crippen LogP contribution is -2.56. The van der Waals surface area contributed by atoms with Crippen molar-refractivity contribution in [1.29, 1.82) is 0 Å². The Bertz CT molecular complexity index is 632. The molecule has 0 amide bonds. The van der Waals surface area contributed by atoms with Crippen molar-refractivity contribution < 1.29 is 49.5 Å². The van der Waals surface area contributed by atoms with Gasteiger partial charge in [-0.3, -0.25) is 4.18 Å². The van der Waals surface area contributed by atoms with Gasteiger partial charge in [0.25, 0.3) is 0 Å². The molecule has 146 valence electrons. The highest BCUT2D eigenvalue weighted by Gasteiger charge is 2.61. The molecule has 3 aliphatic rings. The lowest BCUT2D eigenvalue weighted by atomic mass is 9.99. The van der Waals surface area contributed by atoms with Gasteiger partial charge < -0.3 is 23.7 Å². The summed E-state index contributed by atoms with van der Waals surface area (Å²) in [6.07, 6.45) is -4.36. The first-order valence-corrected chi connectivity index (χ1v) is 8.94. The summed E-state index contributed by atoms with van der Waals surface area (Å²) in [6, 6.07) is 0. The zero-order valence-corrected chi connectivity index (χ0v) is 14.7. The molecule has 0 aliphatic carbocycles. The quantitative estimate of drug-likeness (QED) is 0.524. The number of ether oxygens (including phenoxy) is 5. The fourth-order valence-electron chi connectivity index (χ4n) is 3.05. The van der Waals surface area contributed by atoms with Crippen LogP contribution in [0.2, 0.25) is 0 Å². The van der Waals surface area contributed by atoms with Crippen LogP contribution in [0.3, 0.4) is 0 Å². The van der Waals surface area contributed by atoms with E-state index in [0.717, 1.165) is 0 Å². The Kier molecular flexibility index (Phi) is 4.43. The monoisotopic (exact) mass is 392 g/mol. The van der Waals surface area contributed by atoms with Crippen LogP contribution in [0.4, 0.5) is 13.2 Å². The van der Waals surface area contributed by atoms with Crippen molar-refractivity contribution in [3.8, 4) is 0 Å². The molecule has 5 atom stereocenters. The van der Waals surface area contributed by atoms with Gasteiger partial charge in [-0.2, -0.15) is 21.6 Å². The van der Waals surface area contributed by atoms with Gasteiger partial charge in [-0.15, -0.1) is 0 Å². The third kappa shape index (κ3) is 3.66. The number of hydrogen-bond donors (Lipinski definition) is 0. The van der Waals surface area contributed by atoms with E-state index in [1.165, 1.54) is 0 Å². The van der Waals surface area contributed by atoms with E-state index in [0.29, 0.717) is 0 Å². The van der Waals surface area contributed by atoms with Gasteiger partial charge in [-0.25, -0.2) is 0 Å². The zero-order chi connectivity index (χ0) is 18.8. The van der Waals surface area contributed by atoms with Crippen LogP contribution in [0.5, 0.6) is 0 Å². The molecule has 12 heteroatoms. The molecule has 3 rings (SSSR count). The van der Waals surface area contributed by atoms with Crippen molar-refractivity contribution in [2.45, 2.75) is 75.5 Å². The highest BCUT2D eigenvalue weighted by Crippen LogP contribution is 2.44. The lowest BCUT2D eigenvalue weighted by molar-refractivity contribution is -0.238. The average Bonchev–Trinajstić information content (AvgIpc) is 2.89. The molecule has 3 aliphatic heterocycles. The second kappa shape index (κ2) is 5.75. The summed E-state index contributed by atoms with van der Waals surface area (Å²) in [5.41, 5.74) is -5.52. The molecule has 3 heterocycles. The van der Waals surface area contributed by atoms with E-state index in [-0.39, 0.29) is 0 Å². The fraction of sp³-hybridized carbons (Fsp3) is 1.00. The summed E-state index contributed by atoms with van der Waals surface area (Å²) >= 11 is 0. The Hall–Kier alpha value is -0.500. The molecule has 0 saturated carbocycles. The number of fused-ring (bicyclic) bond motifs is 3. The highest BCUT2D eigenvalue weighted by molar-refractivity contribution is 7.87. The van der Waals surface area contributed by atoms with Crippen LogP contribution in [0, 0.1) is 0 Å². The number of halogens is 3. The van der Waals surface area contributed by atoms with E-state index >= 15 is 0 Å². The maximum atomic E-state index is 12.4. The number of alkyl halides is 3. The molecule has 0 aromatic carbocycles. The van der Waals surface area contributed by atoms with Crippen molar-refractivity contribution >= 4 is 10.1 Å². The van der Waals surface area contributed by atoms with Crippen molar-refractivity contribution in [2.75, 3.05) is 6.61 Å². The van der Waals surface area contributed by atoms with Gasteiger partial charge in [-0.05, 0) is 27.7 Å². The van der Waals surface area contributed by atoms with Gasteiger partial charge in [0, 0.05) is 0 Å². The molecule has 0 spiro atoms. The second-order valence-corrected chi connectivity index (χ2v) is 8.50. The third-order valence-electron chi connectivity index (χ3n) is 3.92. The van der Waals surface area contributed by atoms with Crippen LogP contribution < -0.4 is 0 Å². The first kappa shape index (κ1) is 19.3. The molecule has 0 N–H and O–H groups in total. The molecule has 0 aromatic rings. The van der Waals surface area contributed by atoms with Crippen molar-refractivity contribution in [3.05, 3.63) is 0 Å². The smallest absolute Gasteiger partial charge is 0.342 e. The summed E-state index contributed by atoms with van der Waals surface area (Å²) in [4.78, 5) is 0.